The van der Waals surface area contributed by atoms with Crippen LogP contribution in [0.3, 0.4) is 0 Å². The van der Waals surface area contributed by atoms with E-state index in [9.17, 15) is 13.2 Å². The number of aromatic amines is 1. The molecular weight excluding hydrogens is 472 g/mol. The van der Waals surface area contributed by atoms with Crippen molar-refractivity contribution in [3.8, 4) is 0 Å². The Labute approximate surface area is 194 Å². The molecule has 0 aliphatic heterocycles. The van der Waals surface area contributed by atoms with Crippen LogP contribution in [0.1, 0.15) is 13.8 Å². The molecule has 0 radical (unpaired) electrons. The lowest BCUT2D eigenvalue weighted by Gasteiger charge is -2.19. The predicted octanol–water partition coefficient (Wildman–Crippen LogP) is 3.63. The maximum atomic E-state index is 12.8. The van der Waals surface area contributed by atoms with Crippen molar-refractivity contribution < 1.29 is 13.2 Å². The molecule has 0 aliphatic rings. The molecule has 4 aromatic rings. The lowest BCUT2D eigenvalue weighted by molar-refractivity contribution is -0.113. The summed E-state index contributed by atoms with van der Waals surface area (Å²) in [5.41, 5.74) is 1.95. The quantitative estimate of drug-likeness (QED) is 0.363. The highest BCUT2D eigenvalue weighted by molar-refractivity contribution is 7.99. The number of halogens is 1. The third-order valence-corrected chi connectivity index (χ3v) is 8.21. The summed E-state index contributed by atoms with van der Waals surface area (Å²) in [5.74, 6) is 0.303. The summed E-state index contributed by atoms with van der Waals surface area (Å²) >= 11 is 7.44. The molecule has 2 N–H and O–H groups in total. The van der Waals surface area contributed by atoms with Crippen LogP contribution in [-0.4, -0.2) is 57.1 Å². The molecule has 12 heteroatoms. The zero-order chi connectivity index (χ0) is 22.9. The minimum absolute atomic E-state index is 0.0514. The number of thioether (sulfide) groups is 1. The monoisotopic (exact) mass is 492 g/mol. The van der Waals surface area contributed by atoms with Gasteiger partial charge in [-0.2, -0.15) is 4.31 Å². The first kappa shape index (κ1) is 22.6. The molecule has 0 saturated heterocycles. The number of sulfonamides is 1. The third kappa shape index (κ3) is 4.20. The van der Waals surface area contributed by atoms with Crippen LogP contribution in [0.2, 0.25) is 5.02 Å². The molecule has 0 saturated carbocycles. The van der Waals surface area contributed by atoms with Gasteiger partial charge in [-0.05, 0) is 30.3 Å². The van der Waals surface area contributed by atoms with Crippen LogP contribution in [0.4, 0.5) is 5.69 Å². The number of hydrogen-bond donors (Lipinski definition) is 2. The molecule has 0 unspecified atom stereocenters. The number of aromatic nitrogens is 4. The van der Waals surface area contributed by atoms with Gasteiger partial charge in [0.25, 0.3) is 0 Å². The van der Waals surface area contributed by atoms with Gasteiger partial charge in [-0.3, -0.25) is 9.20 Å². The van der Waals surface area contributed by atoms with Crippen molar-refractivity contribution in [2.24, 2.45) is 0 Å². The first-order valence-corrected chi connectivity index (χ1v) is 12.7. The molecule has 168 valence electrons. The summed E-state index contributed by atoms with van der Waals surface area (Å²) in [7, 11) is -3.67. The summed E-state index contributed by atoms with van der Waals surface area (Å²) in [4.78, 5) is 17.1. The number of nitrogens with zero attached hydrogens (tertiary/aromatic N) is 4. The van der Waals surface area contributed by atoms with E-state index < -0.39 is 10.0 Å². The molecule has 32 heavy (non-hydrogen) atoms. The highest BCUT2D eigenvalue weighted by Gasteiger charge is 2.23. The number of amides is 1. The Hall–Kier alpha value is -2.60. The molecule has 9 nitrogen and oxygen atoms in total. The second-order valence-electron chi connectivity index (χ2n) is 6.83. The summed E-state index contributed by atoms with van der Waals surface area (Å²) < 4.78 is 28.7. The minimum atomic E-state index is -3.67. The smallest absolute Gasteiger partial charge is 0.243 e. The fourth-order valence-corrected chi connectivity index (χ4v) is 5.73. The largest absolute Gasteiger partial charge is 0.324 e. The van der Waals surface area contributed by atoms with E-state index in [4.69, 9.17) is 11.6 Å². The van der Waals surface area contributed by atoms with Gasteiger partial charge in [-0.25, -0.2) is 18.5 Å². The van der Waals surface area contributed by atoms with Crippen LogP contribution in [0.25, 0.3) is 16.8 Å². The molecule has 0 bridgehead atoms. The molecule has 0 atom stereocenters. The Morgan fingerprint density at radius 2 is 1.97 bits per heavy atom. The first-order chi connectivity index (χ1) is 15.3. The maximum Gasteiger partial charge on any atom is 0.243 e. The maximum absolute atomic E-state index is 12.8. The Morgan fingerprint density at radius 1 is 1.22 bits per heavy atom. The molecule has 2 aromatic heterocycles. The number of fused-ring (bicyclic) bond motifs is 3. The lowest BCUT2D eigenvalue weighted by atomic mass is 10.3. The van der Waals surface area contributed by atoms with Crippen molar-refractivity contribution in [3.63, 3.8) is 0 Å². The van der Waals surface area contributed by atoms with Crippen LogP contribution < -0.4 is 5.32 Å². The van der Waals surface area contributed by atoms with Gasteiger partial charge < -0.3 is 5.32 Å². The average molecular weight is 493 g/mol. The summed E-state index contributed by atoms with van der Waals surface area (Å²) in [5, 5.41) is 10.6. The van der Waals surface area contributed by atoms with Gasteiger partial charge in [-0.1, -0.05) is 49.3 Å². The van der Waals surface area contributed by atoms with Gasteiger partial charge in [0, 0.05) is 13.1 Å². The van der Waals surface area contributed by atoms with Crippen LogP contribution in [0.15, 0.2) is 52.5 Å². The van der Waals surface area contributed by atoms with Crippen LogP contribution >= 0.6 is 23.4 Å². The molecule has 2 aromatic carbocycles. The fourth-order valence-electron chi connectivity index (χ4n) is 3.33. The molecule has 0 aliphatic carbocycles. The number of anilines is 1. The number of carbonyl (C=O) groups excluding carboxylic acids is 1. The van der Waals surface area contributed by atoms with E-state index >= 15 is 0 Å². The van der Waals surface area contributed by atoms with Crippen molar-refractivity contribution in [1.82, 2.24) is 23.9 Å². The van der Waals surface area contributed by atoms with Gasteiger partial charge in [0.1, 0.15) is 0 Å². The van der Waals surface area contributed by atoms with E-state index in [0.29, 0.717) is 24.0 Å². The van der Waals surface area contributed by atoms with E-state index in [-0.39, 0.29) is 27.3 Å². The SMILES string of the molecule is CCN(CC)S(=O)(=O)c1ccc(Cl)c(NC(=O)CSc2n[nH]c3nc4ccccc4n23)c1. The van der Waals surface area contributed by atoms with Crippen molar-refractivity contribution >= 4 is 61.8 Å². The van der Waals surface area contributed by atoms with Gasteiger partial charge >= 0.3 is 0 Å². The number of carbonyl (C=O) groups is 1. The Balaban J connectivity index is 1.51. The normalized spacial score (nSPS) is 12.1. The molecular formula is C20H21ClN6O3S2. The van der Waals surface area contributed by atoms with Crippen LogP contribution in [0.5, 0.6) is 0 Å². The number of hydrogen-bond acceptors (Lipinski definition) is 6. The van der Waals surface area contributed by atoms with Crippen LogP contribution in [0, 0.1) is 0 Å². The second-order valence-corrected chi connectivity index (χ2v) is 10.1. The molecule has 2 heterocycles. The summed E-state index contributed by atoms with van der Waals surface area (Å²) in [6.07, 6.45) is 0. The predicted molar refractivity (Wildman–Crippen MR) is 126 cm³/mol. The zero-order valence-electron chi connectivity index (χ0n) is 17.4. The van der Waals surface area contributed by atoms with Crippen molar-refractivity contribution in [1.29, 1.82) is 0 Å². The number of rotatable bonds is 8. The minimum Gasteiger partial charge on any atom is -0.324 e. The van der Waals surface area contributed by atoms with E-state index in [1.807, 2.05) is 28.7 Å². The number of nitrogens with one attached hydrogen (secondary N) is 2. The van der Waals surface area contributed by atoms with Gasteiger partial charge in [0.2, 0.25) is 21.7 Å². The van der Waals surface area contributed by atoms with E-state index in [2.05, 4.69) is 20.5 Å². The topological polar surface area (TPSA) is 112 Å². The number of para-hydroxylation sites is 2. The van der Waals surface area contributed by atoms with Crippen molar-refractivity contribution in [2.45, 2.75) is 23.9 Å². The van der Waals surface area contributed by atoms with Crippen molar-refractivity contribution in [2.75, 3.05) is 24.2 Å². The number of benzene rings is 2. The Morgan fingerprint density at radius 3 is 2.72 bits per heavy atom. The highest BCUT2D eigenvalue weighted by Crippen LogP contribution is 2.28. The molecule has 0 spiro atoms. The van der Waals surface area contributed by atoms with Crippen molar-refractivity contribution in [3.05, 3.63) is 47.5 Å². The van der Waals surface area contributed by atoms with Crippen LogP contribution in [-0.2, 0) is 14.8 Å². The van der Waals surface area contributed by atoms with E-state index in [0.717, 1.165) is 11.0 Å². The van der Waals surface area contributed by atoms with E-state index in [1.165, 1.54) is 34.3 Å². The van der Waals surface area contributed by atoms with Gasteiger partial charge in [0.15, 0.2) is 5.16 Å². The first-order valence-electron chi connectivity index (χ1n) is 9.89. The standard InChI is InChI=1S/C20H21ClN6O3S2/c1-3-26(4-2)32(29,30)13-9-10-14(21)16(11-13)22-18(28)12-31-20-25-24-19-23-15-7-5-6-8-17(15)27(19)20/h5-11H,3-4,12H2,1-2H3,(H,22,28)(H,23,24). The Kier molecular flexibility index (Phi) is 6.42. The number of imidazole rings is 1. The molecule has 0 fully saturated rings. The third-order valence-electron chi connectivity index (χ3n) is 4.89. The summed E-state index contributed by atoms with van der Waals surface area (Å²) in [6, 6.07) is 11.9. The average Bonchev–Trinajstić information content (AvgIpc) is 3.33. The molecule has 1 amide bonds. The Bertz CT molecular complexity index is 1400. The highest BCUT2D eigenvalue weighted by atomic mass is 35.5. The van der Waals surface area contributed by atoms with Gasteiger partial charge in [0.05, 0.1) is 32.4 Å². The zero-order valence-corrected chi connectivity index (χ0v) is 19.8. The summed E-state index contributed by atoms with van der Waals surface area (Å²) in [6.45, 7) is 4.24. The molecule has 4 rings (SSSR count). The fraction of sp³-hybridized carbons (Fsp3) is 0.250. The second kappa shape index (κ2) is 9.10. The lowest BCUT2D eigenvalue weighted by Crippen LogP contribution is -2.30. The number of H-pyrrole nitrogens is 1. The van der Waals surface area contributed by atoms with E-state index in [1.54, 1.807) is 13.8 Å². The van der Waals surface area contributed by atoms with Gasteiger partial charge in [-0.15, -0.1) is 5.10 Å².